The SMILES string of the molecule is C/C=[C](/CCNC(C)=O)[Sn]([CH2]CCC)([CH2]CCC)[CH2]CCC. The topological polar surface area (TPSA) is 29.1 Å². The van der Waals surface area contributed by atoms with Crippen molar-refractivity contribution >= 4 is 24.3 Å². The summed E-state index contributed by atoms with van der Waals surface area (Å²) in [6, 6.07) is 0. The number of amides is 1. The van der Waals surface area contributed by atoms with E-state index in [1.165, 1.54) is 51.8 Å². The van der Waals surface area contributed by atoms with Gasteiger partial charge in [0.1, 0.15) is 0 Å². The van der Waals surface area contributed by atoms with Crippen LogP contribution in [-0.4, -0.2) is 30.8 Å². The quantitative estimate of drug-likeness (QED) is 0.375. The van der Waals surface area contributed by atoms with Gasteiger partial charge < -0.3 is 0 Å². The molecular weight excluding hydrogens is 377 g/mol. The average molecular weight is 416 g/mol. The van der Waals surface area contributed by atoms with Crippen LogP contribution in [0.2, 0.25) is 13.3 Å². The Morgan fingerprint density at radius 2 is 1.41 bits per heavy atom. The molecule has 0 saturated heterocycles. The number of hydrogen-bond donors (Lipinski definition) is 1. The van der Waals surface area contributed by atoms with Gasteiger partial charge in [-0.2, -0.15) is 0 Å². The predicted molar refractivity (Wildman–Crippen MR) is 102 cm³/mol. The molecule has 1 N–H and O–H groups in total. The molecule has 22 heavy (non-hydrogen) atoms. The molecule has 2 nitrogen and oxygen atoms in total. The number of allylic oxidation sites excluding steroid dienone is 1. The molecule has 0 bridgehead atoms. The summed E-state index contributed by atoms with van der Waals surface area (Å²) in [5.74, 6) is 0.104. The number of unbranched alkanes of at least 4 members (excludes halogenated alkanes) is 3. The fourth-order valence-corrected chi connectivity index (χ4v) is 20.8. The van der Waals surface area contributed by atoms with Gasteiger partial charge in [0, 0.05) is 0 Å². The summed E-state index contributed by atoms with van der Waals surface area (Å²) in [6.45, 7) is 11.7. The Labute approximate surface area is 143 Å². The Kier molecular flexibility index (Phi) is 13.5. The Balaban J connectivity index is 5.09. The summed E-state index contributed by atoms with van der Waals surface area (Å²) in [5.41, 5.74) is 0. The third-order valence-corrected chi connectivity index (χ3v) is 21.5. The van der Waals surface area contributed by atoms with Crippen LogP contribution in [-0.2, 0) is 4.79 Å². The van der Waals surface area contributed by atoms with Gasteiger partial charge in [0.25, 0.3) is 0 Å². The van der Waals surface area contributed by atoms with Crippen molar-refractivity contribution in [1.29, 1.82) is 0 Å². The average Bonchev–Trinajstić information content (AvgIpc) is 2.51. The fourth-order valence-electron chi connectivity index (χ4n) is 3.49. The molecule has 0 heterocycles. The van der Waals surface area contributed by atoms with Crippen LogP contribution in [0, 0.1) is 0 Å². The molecular formula is C19H39NOSn. The van der Waals surface area contributed by atoms with Gasteiger partial charge in [0.05, 0.1) is 0 Å². The second-order valence-electron chi connectivity index (χ2n) is 6.64. The molecule has 0 aromatic rings. The van der Waals surface area contributed by atoms with Gasteiger partial charge in [-0.05, 0) is 0 Å². The molecule has 130 valence electrons. The van der Waals surface area contributed by atoms with E-state index in [0.29, 0.717) is 0 Å². The monoisotopic (exact) mass is 417 g/mol. The molecule has 3 heteroatoms. The van der Waals surface area contributed by atoms with E-state index >= 15 is 0 Å². The molecule has 0 radical (unpaired) electrons. The molecule has 0 aromatic carbocycles. The van der Waals surface area contributed by atoms with E-state index in [-0.39, 0.29) is 5.91 Å². The Bertz CT molecular complexity index is 304. The van der Waals surface area contributed by atoms with Crippen molar-refractivity contribution in [2.75, 3.05) is 6.54 Å². The van der Waals surface area contributed by atoms with Crippen molar-refractivity contribution in [1.82, 2.24) is 5.32 Å². The summed E-state index contributed by atoms with van der Waals surface area (Å²) in [4.78, 5) is 11.2. The third-order valence-electron chi connectivity index (χ3n) is 4.82. The van der Waals surface area contributed by atoms with Crippen LogP contribution in [0.3, 0.4) is 0 Å². The van der Waals surface area contributed by atoms with Gasteiger partial charge in [-0.25, -0.2) is 0 Å². The van der Waals surface area contributed by atoms with E-state index in [2.05, 4.69) is 39.1 Å². The van der Waals surface area contributed by atoms with E-state index in [0.717, 1.165) is 13.0 Å². The van der Waals surface area contributed by atoms with E-state index in [1.54, 1.807) is 10.5 Å². The van der Waals surface area contributed by atoms with Gasteiger partial charge in [-0.15, -0.1) is 0 Å². The van der Waals surface area contributed by atoms with Crippen molar-refractivity contribution in [2.45, 2.75) is 92.9 Å². The first kappa shape index (κ1) is 22.0. The molecule has 0 aromatic heterocycles. The van der Waals surface area contributed by atoms with Crippen molar-refractivity contribution in [3.63, 3.8) is 0 Å². The first-order valence-electron chi connectivity index (χ1n) is 9.46. The number of carbonyl (C=O) groups is 1. The molecule has 0 atom stereocenters. The summed E-state index contributed by atoms with van der Waals surface area (Å²) in [6.07, 6.45) is 11.7. The van der Waals surface area contributed by atoms with Crippen LogP contribution in [0.4, 0.5) is 0 Å². The van der Waals surface area contributed by atoms with Crippen molar-refractivity contribution in [2.24, 2.45) is 0 Å². The Morgan fingerprint density at radius 1 is 0.955 bits per heavy atom. The van der Waals surface area contributed by atoms with Gasteiger partial charge in [-0.1, -0.05) is 0 Å². The zero-order valence-electron chi connectivity index (χ0n) is 15.8. The van der Waals surface area contributed by atoms with Crippen molar-refractivity contribution in [3.8, 4) is 0 Å². The van der Waals surface area contributed by atoms with Crippen molar-refractivity contribution in [3.05, 3.63) is 9.67 Å². The van der Waals surface area contributed by atoms with Gasteiger partial charge in [0.2, 0.25) is 0 Å². The van der Waals surface area contributed by atoms with Crippen LogP contribution < -0.4 is 5.32 Å². The van der Waals surface area contributed by atoms with E-state index in [1.807, 2.05) is 0 Å². The first-order chi connectivity index (χ1) is 10.6. The third kappa shape index (κ3) is 8.59. The number of hydrogen-bond acceptors (Lipinski definition) is 1. The maximum atomic E-state index is 11.2. The van der Waals surface area contributed by atoms with Gasteiger partial charge in [0.15, 0.2) is 0 Å². The second kappa shape index (κ2) is 13.4. The van der Waals surface area contributed by atoms with Crippen molar-refractivity contribution < 1.29 is 4.79 Å². The van der Waals surface area contributed by atoms with Crippen LogP contribution >= 0.6 is 0 Å². The number of rotatable bonds is 13. The minimum absolute atomic E-state index is 0.104. The number of nitrogens with one attached hydrogen (secondary N) is 1. The Morgan fingerprint density at radius 3 is 1.73 bits per heavy atom. The molecule has 0 fully saturated rings. The molecule has 0 rings (SSSR count). The van der Waals surface area contributed by atoms with E-state index < -0.39 is 18.4 Å². The first-order valence-corrected chi connectivity index (χ1v) is 16.9. The molecule has 0 aliphatic rings. The van der Waals surface area contributed by atoms with Gasteiger partial charge >= 0.3 is 143 Å². The summed E-state index contributed by atoms with van der Waals surface area (Å²) in [7, 11) is 0. The summed E-state index contributed by atoms with van der Waals surface area (Å²) >= 11 is -2.23. The van der Waals surface area contributed by atoms with E-state index in [9.17, 15) is 4.79 Å². The molecule has 0 aliphatic heterocycles. The zero-order valence-corrected chi connectivity index (χ0v) is 18.6. The number of carbonyl (C=O) groups excluding carboxylic acids is 1. The molecule has 0 unspecified atom stereocenters. The Hall–Kier alpha value is 0.00870. The van der Waals surface area contributed by atoms with Gasteiger partial charge in [-0.3, -0.25) is 0 Å². The second-order valence-corrected chi connectivity index (χ2v) is 20.1. The summed E-state index contributed by atoms with van der Waals surface area (Å²) in [5, 5.41) is 3.00. The molecule has 1 amide bonds. The zero-order chi connectivity index (χ0) is 16.8. The van der Waals surface area contributed by atoms with Crippen LogP contribution in [0.1, 0.15) is 79.6 Å². The standard InChI is InChI=1S/C7H12NO.3C4H9.Sn/c1-3-4-5-6-8-7(2)9;3*1-3-4-2;/h3H,5-6H2,1-2H3,(H,8,9);3*1,3-4H2,2H3;. The van der Waals surface area contributed by atoms with E-state index in [4.69, 9.17) is 0 Å². The van der Waals surface area contributed by atoms with Crippen LogP contribution in [0.5, 0.6) is 0 Å². The van der Waals surface area contributed by atoms with Crippen LogP contribution in [0.25, 0.3) is 0 Å². The maximum absolute atomic E-state index is 11.2. The molecule has 0 aliphatic carbocycles. The normalized spacial score (nSPS) is 12.5. The fraction of sp³-hybridized carbons (Fsp3) is 0.842. The van der Waals surface area contributed by atoms with Crippen LogP contribution in [0.15, 0.2) is 9.67 Å². The molecule has 0 saturated carbocycles. The minimum atomic E-state index is -2.23. The summed E-state index contributed by atoms with van der Waals surface area (Å²) < 4.78 is 6.35. The molecule has 0 spiro atoms. The predicted octanol–water partition coefficient (Wildman–Crippen LogP) is 5.85.